The maximum Gasteiger partial charge on any atom is 0.420 e. The summed E-state index contributed by atoms with van der Waals surface area (Å²) in [5, 5.41) is 20.7. The van der Waals surface area contributed by atoms with Crippen LogP contribution in [0.5, 0.6) is 17.2 Å². The average molecular weight is 572 g/mol. The summed E-state index contributed by atoms with van der Waals surface area (Å²) in [6, 6.07) is 19.2. The number of nitrogens with zero attached hydrogens (tertiary/aromatic N) is 1. The maximum atomic E-state index is 13.9. The van der Waals surface area contributed by atoms with Crippen LogP contribution in [0.4, 0.5) is 13.2 Å². The molecule has 11 heteroatoms. The predicted molar refractivity (Wildman–Crippen MR) is 150 cm³/mol. The van der Waals surface area contributed by atoms with Crippen molar-refractivity contribution in [1.29, 1.82) is 5.41 Å². The molecule has 3 rings (SSSR count). The normalized spacial score (nSPS) is 13.7. The van der Waals surface area contributed by atoms with Gasteiger partial charge in [-0.2, -0.15) is 18.3 Å². The molecule has 0 aliphatic carbocycles. The molecule has 0 radical (unpaired) electrons. The van der Waals surface area contributed by atoms with E-state index in [-0.39, 0.29) is 22.9 Å². The molecule has 0 spiro atoms. The fourth-order valence-corrected chi connectivity index (χ4v) is 3.79. The van der Waals surface area contributed by atoms with Gasteiger partial charge in [-0.25, -0.2) is 0 Å². The molecule has 0 saturated carbocycles. The summed E-state index contributed by atoms with van der Waals surface area (Å²) in [6.07, 6.45) is -2.38. The number of thiocarbonyl (C=S) groups is 1. The molecule has 3 N–H and O–H groups in total. The van der Waals surface area contributed by atoms with E-state index in [0.29, 0.717) is 5.75 Å². The van der Waals surface area contributed by atoms with Gasteiger partial charge in [0.2, 0.25) is 0 Å². The van der Waals surface area contributed by atoms with E-state index in [1.165, 1.54) is 37.4 Å². The minimum atomic E-state index is -4.74. The highest BCUT2D eigenvalue weighted by Crippen LogP contribution is 2.39. The van der Waals surface area contributed by atoms with Crippen molar-refractivity contribution in [2.75, 3.05) is 0 Å². The lowest BCUT2D eigenvalue weighted by Gasteiger charge is -2.20. The second kappa shape index (κ2) is 13.7. The second-order valence-electron chi connectivity index (χ2n) is 9.01. The lowest BCUT2D eigenvalue weighted by atomic mass is 9.85. The number of carbonyl (C=O) groups is 1. The van der Waals surface area contributed by atoms with E-state index in [9.17, 15) is 23.1 Å². The van der Waals surface area contributed by atoms with Crippen LogP contribution in [0.15, 0.2) is 77.9 Å². The first-order valence-electron chi connectivity index (χ1n) is 12.2. The molecule has 210 valence electrons. The monoisotopic (exact) mass is 571 g/mol. The number of alkyl halides is 3. The van der Waals surface area contributed by atoms with E-state index in [1.807, 2.05) is 30.3 Å². The second-order valence-corrected chi connectivity index (χ2v) is 9.42. The number of carboxylic acids is 1. The molecule has 0 fully saturated rings. The van der Waals surface area contributed by atoms with Crippen molar-refractivity contribution in [3.8, 4) is 17.2 Å². The highest BCUT2D eigenvalue weighted by Gasteiger charge is 2.35. The first-order chi connectivity index (χ1) is 19.0. The van der Waals surface area contributed by atoms with Gasteiger partial charge in [0.15, 0.2) is 0 Å². The van der Waals surface area contributed by atoms with Crippen molar-refractivity contribution in [2.24, 2.45) is 22.9 Å². The molecule has 0 aliphatic heterocycles. The van der Waals surface area contributed by atoms with E-state index >= 15 is 0 Å². The van der Waals surface area contributed by atoms with Crippen molar-refractivity contribution in [3.63, 3.8) is 0 Å². The first kappa shape index (κ1) is 30.3. The Morgan fingerprint density at radius 2 is 1.77 bits per heavy atom. The molecule has 0 aromatic heterocycles. The van der Waals surface area contributed by atoms with Gasteiger partial charge in [0.1, 0.15) is 28.8 Å². The third kappa shape index (κ3) is 8.37. The van der Waals surface area contributed by atoms with Crippen LogP contribution in [0.3, 0.4) is 0 Å². The zero-order valence-electron chi connectivity index (χ0n) is 21.7. The van der Waals surface area contributed by atoms with Crippen LogP contribution in [0.2, 0.25) is 0 Å². The standard InChI is InChI=1S/C29H28F3N3O4S/c1-18(19(2)28(36)37)22(15-33)16-34-35-27(40)21-11-12-26(25(13-21)29(30,31)32)39-24-10-6-9-23(14-24)38-17-20-7-4-3-5-8-20/h3-16,18-19,22,33H,17H2,1-2H3,(H,35,40)(H,36,37)/b33-15?,34-16+. The van der Waals surface area contributed by atoms with Crippen molar-refractivity contribution >= 4 is 35.6 Å². The first-order valence-corrected chi connectivity index (χ1v) is 12.6. The molecule has 3 aromatic rings. The molecule has 0 aliphatic rings. The van der Waals surface area contributed by atoms with Crippen LogP contribution in [-0.2, 0) is 17.6 Å². The van der Waals surface area contributed by atoms with Crippen LogP contribution in [0.25, 0.3) is 0 Å². The number of nitrogens with one attached hydrogen (secondary N) is 2. The van der Waals surface area contributed by atoms with Crippen LogP contribution < -0.4 is 14.9 Å². The smallest absolute Gasteiger partial charge is 0.420 e. The molecule has 7 nitrogen and oxygen atoms in total. The van der Waals surface area contributed by atoms with Gasteiger partial charge in [-0.3, -0.25) is 10.2 Å². The number of ether oxygens (including phenoxy) is 2. The highest BCUT2D eigenvalue weighted by molar-refractivity contribution is 7.80. The summed E-state index contributed by atoms with van der Waals surface area (Å²) in [7, 11) is 0. The van der Waals surface area contributed by atoms with Crippen LogP contribution in [0, 0.1) is 23.2 Å². The molecule has 3 unspecified atom stereocenters. The van der Waals surface area contributed by atoms with Gasteiger partial charge >= 0.3 is 12.1 Å². The summed E-state index contributed by atoms with van der Waals surface area (Å²) >= 11 is 5.21. The van der Waals surface area contributed by atoms with Crippen LogP contribution >= 0.6 is 12.2 Å². The third-order valence-corrected chi connectivity index (χ3v) is 6.55. The lowest BCUT2D eigenvalue weighted by Crippen LogP contribution is -2.28. The minimum Gasteiger partial charge on any atom is -0.489 e. The van der Waals surface area contributed by atoms with E-state index in [2.05, 4.69) is 10.5 Å². The van der Waals surface area contributed by atoms with E-state index in [4.69, 9.17) is 27.1 Å². The number of hydrogen-bond donors (Lipinski definition) is 3. The SMILES string of the molecule is CC(C(=O)O)C(C)C(C=N)/C=N/NC(=S)c1ccc(Oc2cccc(OCc3ccccc3)c2)c(C(F)(F)F)c1. The topological polar surface area (TPSA) is 104 Å². The zero-order valence-corrected chi connectivity index (χ0v) is 22.5. The summed E-state index contributed by atoms with van der Waals surface area (Å²) in [5.74, 6) is -2.61. The maximum absolute atomic E-state index is 13.9. The lowest BCUT2D eigenvalue weighted by molar-refractivity contribution is -0.143. The molecular formula is C29H28F3N3O4S. The number of aliphatic carboxylic acids is 1. The van der Waals surface area contributed by atoms with Gasteiger partial charge in [-0.15, -0.1) is 0 Å². The number of halogens is 3. The van der Waals surface area contributed by atoms with Crippen molar-refractivity contribution in [1.82, 2.24) is 5.43 Å². The molecule has 0 saturated heterocycles. The van der Waals surface area contributed by atoms with Gasteiger partial charge in [0.05, 0.1) is 11.5 Å². The molecule has 40 heavy (non-hydrogen) atoms. The van der Waals surface area contributed by atoms with E-state index in [1.54, 1.807) is 19.1 Å². The fraction of sp³-hybridized carbons (Fsp3) is 0.241. The number of hydrazone groups is 1. The third-order valence-electron chi connectivity index (χ3n) is 6.22. The van der Waals surface area contributed by atoms with Gasteiger partial charge in [-0.1, -0.05) is 62.5 Å². The van der Waals surface area contributed by atoms with Crippen molar-refractivity contribution < 1.29 is 32.5 Å². The summed E-state index contributed by atoms with van der Waals surface area (Å²) in [6.45, 7) is 3.47. The minimum absolute atomic E-state index is 0.0464. The van der Waals surface area contributed by atoms with Crippen LogP contribution in [-0.4, -0.2) is 28.5 Å². The Morgan fingerprint density at radius 3 is 2.42 bits per heavy atom. The Hall–Kier alpha value is -4.25. The molecule has 0 bridgehead atoms. The number of benzene rings is 3. The Bertz CT molecular complexity index is 1370. The Kier molecular flexibility index (Phi) is 10.4. The van der Waals surface area contributed by atoms with Gasteiger partial charge in [0.25, 0.3) is 0 Å². The van der Waals surface area contributed by atoms with Gasteiger partial charge in [-0.05, 0) is 41.8 Å². The molecule has 3 atom stereocenters. The molecule has 0 amide bonds. The number of hydrogen-bond acceptors (Lipinski definition) is 6. The van der Waals surface area contributed by atoms with Crippen molar-refractivity contribution in [2.45, 2.75) is 26.6 Å². The summed E-state index contributed by atoms with van der Waals surface area (Å²) in [4.78, 5) is 11.1. The summed E-state index contributed by atoms with van der Waals surface area (Å²) < 4.78 is 53.2. The Balaban J connectivity index is 1.73. The number of carboxylic acid groups (broad SMARTS) is 1. The van der Waals surface area contributed by atoms with E-state index < -0.39 is 41.2 Å². The Morgan fingerprint density at radius 1 is 1.07 bits per heavy atom. The average Bonchev–Trinajstić information content (AvgIpc) is 2.93. The largest absolute Gasteiger partial charge is 0.489 e. The molecular weight excluding hydrogens is 543 g/mol. The fourth-order valence-electron chi connectivity index (χ4n) is 3.61. The number of rotatable bonds is 12. The van der Waals surface area contributed by atoms with Gasteiger partial charge in [0, 0.05) is 30.0 Å². The molecule has 0 heterocycles. The van der Waals surface area contributed by atoms with Crippen LogP contribution in [0.1, 0.15) is 30.5 Å². The zero-order chi connectivity index (χ0) is 29.3. The van der Waals surface area contributed by atoms with Gasteiger partial charge < -0.3 is 20.0 Å². The molecule has 3 aromatic carbocycles. The summed E-state index contributed by atoms with van der Waals surface area (Å²) in [5.41, 5.74) is 2.45. The quantitative estimate of drug-likeness (QED) is 0.123. The highest BCUT2D eigenvalue weighted by atomic mass is 32.1. The van der Waals surface area contributed by atoms with Crippen molar-refractivity contribution in [3.05, 3.63) is 89.5 Å². The predicted octanol–water partition coefficient (Wildman–Crippen LogP) is 6.95. The van der Waals surface area contributed by atoms with E-state index in [0.717, 1.165) is 17.8 Å². The Labute approximate surface area is 235 Å².